The van der Waals surface area contributed by atoms with Gasteiger partial charge in [-0.1, -0.05) is 35.9 Å². The molecule has 0 unspecified atom stereocenters. The molecule has 0 atom stereocenters. The maximum atomic E-state index is 10.6. The molecular formula is C12H9O2Tl. The second-order valence-corrected chi connectivity index (χ2v) is 3.35. The monoisotopic (exact) mass is 390 g/mol. The summed E-state index contributed by atoms with van der Waals surface area (Å²) < 4.78 is 0. The molecule has 0 N–H and O–H groups in total. The molecule has 0 aliphatic heterocycles. The quantitative estimate of drug-likeness (QED) is 0.686. The van der Waals surface area contributed by atoms with Gasteiger partial charge in [0.05, 0.1) is 5.97 Å². The topological polar surface area (TPSA) is 40.1 Å². The van der Waals surface area contributed by atoms with Crippen LogP contribution in [0.1, 0.15) is 15.9 Å². The fourth-order valence-electron chi connectivity index (χ4n) is 1.49. The Labute approximate surface area is 108 Å². The number of carboxylic acid groups (broad SMARTS) is 1. The first-order chi connectivity index (χ1) is 6.66. The molecule has 0 aliphatic carbocycles. The molecule has 72 valence electrons. The molecule has 2 nitrogen and oxygen atoms in total. The summed E-state index contributed by atoms with van der Waals surface area (Å²) in [5.41, 5.74) is 1.39. The summed E-state index contributed by atoms with van der Waals surface area (Å²) in [5, 5.41) is 12.6. The first-order valence-corrected chi connectivity index (χ1v) is 4.38. The number of carbonyl (C=O) groups is 1. The van der Waals surface area contributed by atoms with E-state index in [-0.39, 0.29) is 32.9 Å². The Bertz CT molecular complexity index is 506. The molecular weight excluding hydrogens is 381 g/mol. The van der Waals surface area contributed by atoms with Crippen LogP contribution < -0.4 is 5.11 Å². The normalized spacial score (nSPS) is 9.67. The average Bonchev–Trinajstić information content (AvgIpc) is 2.16. The van der Waals surface area contributed by atoms with Crippen molar-refractivity contribution in [1.29, 1.82) is 0 Å². The van der Waals surface area contributed by atoms with Crippen molar-refractivity contribution >= 4 is 44.0 Å². The molecule has 0 fully saturated rings. The smallest absolute Gasteiger partial charge is 0.545 e. The molecule has 0 spiro atoms. The molecule has 0 aliphatic rings. The number of carbonyl (C=O) groups excluding carboxylic acids is 1. The number of hydrogen-bond donors (Lipinski definition) is 0. The number of aromatic carboxylic acids is 1. The van der Waals surface area contributed by atoms with Crippen molar-refractivity contribution in [3.63, 3.8) is 0 Å². The van der Waals surface area contributed by atoms with Gasteiger partial charge in [-0.05, 0) is 29.3 Å². The Morgan fingerprint density at radius 2 is 1.67 bits per heavy atom. The predicted molar refractivity (Wildman–Crippen MR) is 58.8 cm³/mol. The van der Waals surface area contributed by atoms with Gasteiger partial charge in [-0.2, -0.15) is 0 Å². The minimum absolute atomic E-state index is 0. The van der Waals surface area contributed by atoms with Crippen LogP contribution in [0.2, 0.25) is 0 Å². The van der Waals surface area contributed by atoms with Crippen LogP contribution >= 0.6 is 0 Å². The van der Waals surface area contributed by atoms with Crippen molar-refractivity contribution in [3.05, 3.63) is 47.5 Å². The van der Waals surface area contributed by atoms with Crippen molar-refractivity contribution in [2.75, 3.05) is 0 Å². The van der Waals surface area contributed by atoms with Crippen molar-refractivity contribution in [1.82, 2.24) is 0 Å². The van der Waals surface area contributed by atoms with E-state index < -0.39 is 5.97 Å². The Morgan fingerprint density at radius 3 is 2.33 bits per heavy atom. The molecule has 2 rings (SSSR count). The Hall–Kier alpha value is -0.908. The molecule has 0 saturated carbocycles. The first kappa shape index (κ1) is 12.2. The largest absolute Gasteiger partial charge is 1.00 e. The van der Waals surface area contributed by atoms with Gasteiger partial charge >= 0.3 is 27.3 Å². The third-order valence-corrected chi connectivity index (χ3v) is 2.23. The molecule has 0 amide bonds. The minimum atomic E-state index is -1.13. The molecule has 0 heterocycles. The Balaban J connectivity index is 0.00000112. The van der Waals surface area contributed by atoms with Gasteiger partial charge in [-0.25, -0.2) is 0 Å². The van der Waals surface area contributed by atoms with E-state index in [2.05, 4.69) is 0 Å². The number of rotatable bonds is 1. The van der Waals surface area contributed by atoms with Gasteiger partial charge in [0.2, 0.25) is 0 Å². The first-order valence-electron chi connectivity index (χ1n) is 4.38. The minimum Gasteiger partial charge on any atom is -0.545 e. The number of hydrogen-bond acceptors (Lipinski definition) is 2. The van der Waals surface area contributed by atoms with E-state index >= 15 is 0 Å². The molecule has 15 heavy (non-hydrogen) atoms. The van der Waals surface area contributed by atoms with Crippen LogP contribution in [0.15, 0.2) is 36.4 Å². The van der Waals surface area contributed by atoms with E-state index in [1.165, 1.54) is 5.56 Å². The van der Waals surface area contributed by atoms with Crippen LogP contribution in [-0.4, -0.2) is 33.3 Å². The van der Waals surface area contributed by atoms with E-state index in [1.807, 2.05) is 25.1 Å². The standard InChI is InChI=1S/C12H10O2.Tl/c1-8-2-3-10-7-11(12(13)14)5-4-9(10)6-8;/h2-7H,1H3,(H,13,14);/q;+1/p-1. The number of aryl methyl sites for hydroxylation is 1. The summed E-state index contributed by atoms with van der Waals surface area (Å²) in [4.78, 5) is 10.6. The molecule has 0 bridgehead atoms. The number of fused-ring (bicyclic) bond motifs is 1. The van der Waals surface area contributed by atoms with Gasteiger partial charge in [0.15, 0.2) is 0 Å². The second-order valence-electron chi connectivity index (χ2n) is 3.35. The molecule has 2 aromatic carbocycles. The van der Waals surface area contributed by atoms with Gasteiger partial charge in [0, 0.05) is 0 Å². The zero-order valence-corrected chi connectivity index (χ0v) is 12.8. The summed E-state index contributed by atoms with van der Waals surface area (Å²) in [7, 11) is 0. The molecule has 0 radical (unpaired) electrons. The Morgan fingerprint density at radius 1 is 1.07 bits per heavy atom. The number of carboxylic acids is 1. The fourth-order valence-corrected chi connectivity index (χ4v) is 1.49. The van der Waals surface area contributed by atoms with E-state index in [0.717, 1.165) is 10.8 Å². The molecule has 3 heteroatoms. The second kappa shape index (κ2) is 4.74. The van der Waals surface area contributed by atoms with Crippen LogP contribution in [-0.2, 0) is 0 Å². The van der Waals surface area contributed by atoms with Gasteiger partial charge in [0.25, 0.3) is 0 Å². The van der Waals surface area contributed by atoms with Crippen LogP contribution in [0, 0.1) is 6.92 Å². The van der Waals surface area contributed by atoms with Crippen molar-refractivity contribution < 1.29 is 9.90 Å². The van der Waals surface area contributed by atoms with Gasteiger partial charge < -0.3 is 9.90 Å². The fraction of sp³-hybridized carbons (Fsp3) is 0.0833. The molecule has 2 aromatic rings. The number of benzene rings is 2. The van der Waals surface area contributed by atoms with E-state index in [9.17, 15) is 9.90 Å². The van der Waals surface area contributed by atoms with Gasteiger partial charge in [-0.3, -0.25) is 0 Å². The van der Waals surface area contributed by atoms with E-state index in [0.29, 0.717) is 0 Å². The third kappa shape index (κ3) is 2.56. The predicted octanol–water partition coefficient (Wildman–Crippen LogP) is 1.13. The summed E-state index contributed by atoms with van der Waals surface area (Å²) in [6.07, 6.45) is 0. The van der Waals surface area contributed by atoms with Crippen molar-refractivity contribution in [2.45, 2.75) is 6.92 Å². The zero-order valence-electron chi connectivity index (χ0n) is 8.36. The van der Waals surface area contributed by atoms with Crippen LogP contribution in [0.25, 0.3) is 10.8 Å². The van der Waals surface area contributed by atoms with Gasteiger partial charge in [-0.15, -0.1) is 0 Å². The van der Waals surface area contributed by atoms with Crippen molar-refractivity contribution in [2.24, 2.45) is 0 Å². The molecule has 0 aromatic heterocycles. The van der Waals surface area contributed by atoms with E-state index in [4.69, 9.17) is 0 Å². The summed E-state index contributed by atoms with van der Waals surface area (Å²) >= 11 is 0. The maximum Gasteiger partial charge on any atom is 1.00 e. The summed E-state index contributed by atoms with van der Waals surface area (Å²) in [6.45, 7) is 2.01. The van der Waals surface area contributed by atoms with Gasteiger partial charge in [0.1, 0.15) is 0 Å². The van der Waals surface area contributed by atoms with Crippen LogP contribution in [0.3, 0.4) is 0 Å². The zero-order chi connectivity index (χ0) is 10.1. The molecule has 0 saturated heterocycles. The van der Waals surface area contributed by atoms with Crippen LogP contribution in [0.5, 0.6) is 0 Å². The average molecular weight is 390 g/mol. The third-order valence-electron chi connectivity index (χ3n) is 2.23. The van der Waals surface area contributed by atoms with Crippen LogP contribution in [0.4, 0.5) is 0 Å². The van der Waals surface area contributed by atoms with E-state index in [1.54, 1.807) is 18.2 Å². The Kier molecular flexibility index (Phi) is 3.85. The SMILES string of the molecule is Cc1ccc2cc(C(=O)[O-])ccc2c1.[Tl+]. The van der Waals surface area contributed by atoms with Crippen molar-refractivity contribution in [3.8, 4) is 0 Å². The maximum absolute atomic E-state index is 10.6. The summed E-state index contributed by atoms with van der Waals surface area (Å²) in [5.74, 6) is -1.13. The summed E-state index contributed by atoms with van der Waals surface area (Å²) in [6, 6.07) is 10.9.